The minimum atomic E-state index is -0.610. The second-order valence-corrected chi connectivity index (χ2v) is 6.37. The summed E-state index contributed by atoms with van der Waals surface area (Å²) in [5.74, 6) is -0.602. The molecule has 2 aromatic heterocycles. The van der Waals surface area contributed by atoms with Crippen molar-refractivity contribution in [3.63, 3.8) is 0 Å². The number of ether oxygens (including phenoxy) is 3. The standard InChI is InChI=1S/C21H21NO7/c1-5-27-21(25)19-11(2)18(12(3)22-19)20(24)28-10-13-8-17(23)29-16-9-14(26-4)6-7-15(13)16/h6-9,22H,5,10H2,1-4H3. The van der Waals surface area contributed by atoms with Gasteiger partial charge in [-0.1, -0.05) is 0 Å². The Morgan fingerprint density at radius 1 is 1.10 bits per heavy atom. The van der Waals surface area contributed by atoms with Crippen molar-refractivity contribution in [2.75, 3.05) is 13.7 Å². The third-order valence-corrected chi connectivity index (χ3v) is 4.52. The third-order valence-electron chi connectivity index (χ3n) is 4.52. The zero-order chi connectivity index (χ0) is 21.1. The van der Waals surface area contributed by atoms with Crippen molar-refractivity contribution in [1.29, 1.82) is 0 Å². The summed E-state index contributed by atoms with van der Waals surface area (Å²) in [6.07, 6.45) is 0. The molecule has 0 aliphatic heterocycles. The van der Waals surface area contributed by atoms with Crippen LogP contribution in [0, 0.1) is 13.8 Å². The van der Waals surface area contributed by atoms with E-state index in [1.807, 2.05) is 0 Å². The molecule has 0 radical (unpaired) electrons. The number of methoxy groups -OCH3 is 1. The first kappa shape index (κ1) is 20.2. The van der Waals surface area contributed by atoms with E-state index in [4.69, 9.17) is 18.6 Å². The van der Waals surface area contributed by atoms with Gasteiger partial charge < -0.3 is 23.6 Å². The Kier molecular flexibility index (Phi) is 5.72. The summed E-state index contributed by atoms with van der Waals surface area (Å²) in [5, 5.41) is 0.632. The molecule has 3 aromatic rings. The molecule has 0 amide bonds. The Hall–Kier alpha value is -3.55. The fourth-order valence-electron chi connectivity index (χ4n) is 3.14. The fraction of sp³-hybridized carbons (Fsp3) is 0.286. The average Bonchev–Trinajstić information content (AvgIpc) is 2.99. The molecule has 0 saturated heterocycles. The van der Waals surface area contributed by atoms with E-state index in [9.17, 15) is 14.4 Å². The van der Waals surface area contributed by atoms with Gasteiger partial charge in [-0.05, 0) is 38.5 Å². The van der Waals surface area contributed by atoms with Crippen molar-refractivity contribution in [1.82, 2.24) is 4.98 Å². The van der Waals surface area contributed by atoms with E-state index < -0.39 is 17.6 Å². The first-order chi connectivity index (χ1) is 13.8. The Labute approximate surface area is 166 Å². The van der Waals surface area contributed by atoms with Gasteiger partial charge in [0, 0.05) is 28.8 Å². The van der Waals surface area contributed by atoms with E-state index in [0.29, 0.717) is 33.5 Å². The average molecular weight is 399 g/mol. The van der Waals surface area contributed by atoms with Crippen molar-refractivity contribution in [3.05, 3.63) is 62.8 Å². The van der Waals surface area contributed by atoms with E-state index in [1.54, 1.807) is 39.0 Å². The molecule has 0 fully saturated rings. The maximum atomic E-state index is 12.7. The van der Waals surface area contributed by atoms with Crippen LogP contribution in [-0.4, -0.2) is 30.6 Å². The molecule has 2 heterocycles. The van der Waals surface area contributed by atoms with E-state index in [-0.39, 0.29) is 24.5 Å². The Morgan fingerprint density at radius 3 is 2.55 bits per heavy atom. The lowest BCUT2D eigenvalue weighted by atomic mass is 10.1. The van der Waals surface area contributed by atoms with Crippen LogP contribution < -0.4 is 10.4 Å². The molecule has 3 rings (SSSR count). The molecule has 152 valence electrons. The zero-order valence-electron chi connectivity index (χ0n) is 16.6. The molecular weight excluding hydrogens is 378 g/mol. The molecule has 0 aliphatic carbocycles. The highest BCUT2D eigenvalue weighted by molar-refractivity contribution is 5.98. The van der Waals surface area contributed by atoms with Gasteiger partial charge in [0.25, 0.3) is 0 Å². The van der Waals surface area contributed by atoms with Gasteiger partial charge in [0.1, 0.15) is 23.6 Å². The van der Waals surface area contributed by atoms with Crippen molar-refractivity contribution in [2.45, 2.75) is 27.4 Å². The van der Waals surface area contributed by atoms with Crippen molar-refractivity contribution in [3.8, 4) is 5.75 Å². The molecule has 0 aliphatic rings. The highest BCUT2D eigenvalue weighted by Gasteiger charge is 2.24. The highest BCUT2D eigenvalue weighted by atomic mass is 16.5. The number of benzene rings is 1. The van der Waals surface area contributed by atoms with Gasteiger partial charge in [-0.15, -0.1) is 0 Å². The molecule has 0 saturated carbocycles. The highest BCUT2D eigenvalue weighted by Crippen LogP contribution is 2.24. The summed E-state index contributed by atoms with van der Waals surface area (Å²) in [6.45, 7) is 5.11. The molecule has 8 heteroatoms. The molecule has 29 heavy (non-hydrogen) atoms. The molecule has 0 atom stereocenters. The normalized spacial score (nSPS) is 10.8. The summed E-state index contributed by atoms with van der Waals surface area (Å²) in [7, 11) is 1.51. The fourth-order valence-corrected chi connectivity index (χ4v) is 3.14. The van der Waals surface area contributed by atoms with Crippen LogP contribution >= 0.6 is 0 Å². The number of hydrogen-bond donors (Lipinski definition) is 1. The van der Waals surface area contributed by atoms with E-state index >= 15 is 0 Å². The summed E-state index contributed by atoms with van der Waals surface area (Å²) < 4.78 is 20.7. The van der Waals surface area contributed by atoms with Gasteiger partial charge in [0.15, 0.2) is 0 Å². The topological polar surface area (TPSA) is 108 Å². The minimum absolute atomic E-state index is 0.133. The number of aromatic amines is 1. The largest absolute Gasteiger partial charge is 0.497 e. The molecule has 0 bridgehead atoms. The summed E-state index contributed by atoms with van der Waals surface area (Å²) in [4.78, 5) is 39.4. The van der Waals surface area contributed by atoms with Gasteiger partial charge in [-0.25, -0.2) is 14.4 Å². The third kappa shape index (κ3) is 4.01. The quantitative estimate of drug-likeness (QED) is 0.500. The van der Waals surface area contributed by atoms with Gasteiger partial charge in [-0.2, -0.15) is 0 Å². The summed E-state index contributed by atoms with van der Waals surface area (Å²) in [6, 6.07) is 6.32. The lowest BCUT2D eigenvalue weighted by Crippen LogP contribution is -2.10. The van der Waals surface area contributed by atoms with Crippen LogP contribution in [0.15, 0.2) is 33.5 Å². The van der Waals surface area contributed by atoms with Crippen molar-refractivity contribution in [2.24, 2.45) is 0 Å². The lowest BCUT2D eigenvalue weighted by Gasteiger charge is -2.09. The molecule has 1 aromatic carbocycles. The number of esters is 2. The number of rotatable bonds is 6. The Bertz CT molecular complexity index is 1140. The molecular formula is C21H21NO7. The first-order valence-corrected chi connectivity index (χ1v) is 8.99. The van der Waals surface area contributed by atoms with Crippen molar-refractivity contribution < 1.29 is 28.2 Å². The zero-order valence-corrected chi connectivity index (χ0v) is 16.6. The molecule has 0 unspecified atom stereocenters. The monoisotopic (exact) mass is 399 g/mol. The van der Waals surface area contributed by atoms with Crippen LogP contribution in [-0.2, 0) is 16.1 Å². The summed E-state index contributed by atoms with van der Waals surface area (Å²) >= 11 is 0. The van der Waals surface area contributed by atoms with Crippen molar-refractivity contribution >= 4 is 22.9 Å². The second-order valence-electron chi connectivity index (χ2n) is 6.37. The number of aromatic nitrogens is 1. The van der Waals surface area contributed by atoms with Gasteiger partial charge in [0.05, 0.1) is 19.3 Å². The molecule has 1 N–H and O–H groups in total. The number of hydrogen-bond acceptors (Lipinski definition) is 7. The van der Waals surface area contributed by atoms with Crippen LogP contribution in [0.5, 0.6) is 5.75 Å². The SMILES string of the molecule is CCOC(=O)c1[nH]c(C)c(C(=O)OCc2cc(=O)oc3cc(OC)ccc23)c1C. The minimum Gasteiger partial charge on any atom is -0.497 e. The van der Waals surface area contributed by atoms with Crippen LogP contribution in [0.2, 0.25) is 0 Å². The number of aryl methyl sites for hydroxylation is 1. The van der Waals surface area contributed by atoms with E-state index in [2.05, 4.69) is 4.98 Å². The van der Waals surface area contributed by atoms with Crippen LogP contribution in [0.25, 0.3) is 11.0 Å². The Morgan fingerprint density at radius 2 is 1.86 bits per heavy atom. The Balaban J connectivity index is 1.87. The van der Waals surface area contributed by atoms with Gasteiger partial charge in [0.2, 0.25) is 0 Å². The van der Waals surface area contributed by atoms with Crippen LogP contribution in [0.3, 0.4) is 0 Å². The number of carbonyl (C=O) groups is 2. The van der Waals surface area contributed by atoms with Crippen LogP contribution in [0.4, 0.5) is 0 Å². The number of carbonyl (C=O) groups excluding carboxylic acids is 2. The molecule has 8 nitrogen and oxygen atoms in total. The number of fused-ring (bicyclic) bond motifs is 1. The predicted octanol–water partition coefficient (Wildman–Crippen LogP) is 3.28. The van der Waals surface area contributed by atoms with Gasteiger partial charge >= 0.3 is 17.6 Å². The molecule has 0 spiro atoms. The van der Waals surface area contributed by atoms with Gasteiger partial charge in [-0.3, -0.25) is 0 Å². The number of nitrogens with one attached hydrogen (secondary N) is 1. The smallest absolute Gasteiger partial charge is 0.355 e. The number of H-pyrrole nitrogens is 1. The second kappa shape index (κ2) is 8.22. The van der Waals surface area contributed by atoms with E-state index in [1.165, 1.54) is 13.2 Å². The maximum absolute atomic E-state index is 12.7. The van der Waals surface area contributed by atoms with E-state index in [0.717, 1.165) is 0 Å². The first-order valence-electron chi connectivity index (χ1n) is 8.99. The predicted molar refractivity (Wildman–Crippen MR) is 104 cm³/mol. The summed E-state index contributed by atoms with van der Waals surface area (Å²) in [5.41, 5.74) is 1.71. The maximum Gasteiger partial charge on any atom is 0.355 e. The van der Waals surface area contributed by atoms with Crippen LogP contribution in [0.1, 0.15) is 44.6 Å². The lowest BCUT2D eigenvalue weighted by molar-refractivity contribution is 0.0472.